The van der Waals surface area contributed by atoms with E-state index in [1.54, 1.807) is 18.2 Å². The van der Waals surface area contributed by atoms with Crippen molar-refractivity contribution in [2.75, 3.05) is 4.90 Å². The predicted molar refractivity (Wildman–Crippen MR) is 114 cm³/mol. The van der Waals surface area contributed by atoms with Crippen LogP contribution in [-0.2, 0) is 14.4 Å². The Kier molecular flexibility index (Phi) is 4.76. The fourth-order valence-electron chi connectivity index (χ4n) is 4.76. The predicted octanol–water partition coefficient (Wildman–Crippen LogP) is 3.23. The molecule has 5 rings (SSSR count). The van der Waals surface area contributed by atoms with Crippen molar-refractivity contribution in [3.8, 4) is 5.75 Å². The number of hydrogen-bond acceptors (Lipinski definition) is 6. The molecule has 1 saturated carbocycles. The number of fused-ring (bicyclic) bond motifs is 3. The summed E-state index contributed by atoms with van der Waals surface area (Å²) in [5, 5.41) is 12.1. The second kappa shape index (κ2) is 7.39. The number of aliphatic hydroxyl groups is 1. The summed E-state index contributed by atoms with van der Waals surface area (Å²) in [4.78, 5) is 54.2. The molecule has 2 atom stereocenters. The first-order valence-corrected chi connectivity index (χ1v) is 10.7. The van der Waals surface area contributed by atoms with Gasteiger partial charge in [0, 0.05) is 17.0 Å². The van der Waals surface area contributed by atoms with E-state index in [4.69, 9.17) is 16.3 Å². The number of carbonyl (C=O) groups excluding carboxylic acids is 4. The van der Waals surface area contributed by atoms with Crippen LogP contribution in [0.25, 0.3) is 0 Å². The number of anilines is 1. The minimum absolute atomic E-state index is 0.0715. The molecule has 0 spiro atoms. The number of carbonyl (C=O) groups is 4. The molecule has 1 amide bonds. The van der Waals surface area contributed by atoms with Gasteiger partial charge in [-0.05, 0) is 31.0 Å². The van der Waals surface area contributed by atoms with Crippen molar-refractivity contribution >= 4 is 40.7 Å². The van der Waals surface area contributed by atoms with Gasteiger partial charge in [0.15, 0.2) is 17.1 Å². The maximum atomic E-state index is 13.8. The lowest BCUT2D eigenvalue weighted by Crippen LogP contribution is -2.53. The standard InChI is InChI=1S/C24H18ClNO6/c25-14-10-11-18-16(12-14)26-20(22(29)32-18)19(21(28)13-6-2-1-3-7-13)24(31,23(26)30)15-8-4-5-9-17(15)27/h1-3,6-7,10-12,15,31H,4-5,8-9H2. The van der Waals surface area contributed by atoms with E-state index in [1.165, 1.54) is 30.3 Å². The first-order valence-electron chi connectivity index (χ1n) is 10.3. The molecule has 0 radical (unpaired) electrons. The highest BCUT2D eigenvalue weighted by Crippen LogP contribution is 2.50. The highest BCUT2D eigenvalue weighted by molar-refractivity contribution is 6.32. The number of Topliss-reactive ketones (excluding diaryl/α,β-unsaturated/α-hetero) is 2. The number of amides is 1. The van der Waals surface area contributed by atoms with Crippen LogP contribution < -0.4 is 9.64 Å². The van der Waals surface area contributed by atoms with Gasteiger partial charge >= 0.3 is 5.97 Å². The van der Waals surface area contributed by atoms with Gasteiger partial charge < -0.3 is 9.84 Å². The highest BCUT2D eigenvalue weighted by atomic mass is 35.5. The largest absolute Gasteiger partial charge is 0.420 e. The summed E-state index contributed by atoms with van der Waals surface area (Å²) in [6.07, 6.45) is 1.67. The van der Waals surface area contributed by atoms with Gasteiger partial charge in [0.05, 0.1) is 17.2 Å². The summed E-state index contributed by atoms with van der Waals surface area (Å²) >= 11 is 6.11. The molecule has 3 aliphatic rings. The maximum Gasteiger partial charge on any atom is 0.361 e. The molecule has 0 saturated heterocycles. The van der Waals surface area contributed by atoms with Crippen molar-refractivity contribution in [3.63, 3.8) is 0 Å². The molecule has 0 bridgehead atoms. The van der Waals surface area contributed by atoms with E-state index in [-0.39, 0.29) is 46.3 Å². The molecule has 1 fully saturated rings. The number of rotatable bonds is 3. The Hall–Kier alpha value is -3.29. The number of nitrogens with zero attached hydrogens (tertiary/aromatic N) is 1. The SMILES string of the molecule is O=C1Oc2ccc(Cl)cc2N2C(=O)C(O)(C3CCCCC3=O)C(C(=O)c3ccccc3)=C12. The molecule has 2 aliphatic heterocycles. The minimum Gasteiger partial charge on any atom is -0.420 e. The van der Waals surface area contributed by atoms with Gasteiger partial charge in [-0.15, -0.1) is 0 Å². The topological polar surface area (TPSA) is 101 Å². The van der Waals surface area contributed by atoms with Crippen molar-refractivity contribution in [2.24, 2.45) is 5.92 Å². The number of ether oxygens (including phenoxy) is 1. The van der Waals surface area contributed by atoms with Crippen molar-refractivity contribution in [3.05, 3.63) is 70.4 Å². The summed E-state index contributed by atoms with van der Waals surface area (Å²) in [5.41, 5.74) is -2.97. The van der Waals surface area contributed by atoms with Crippen molar-refractivity contribution in [2.45, 2.75) is 31.3 Å². The third-order valence-electron chi connectivity index (χ3n) is 6.25. The molecule has 7 nitrogen and oxygen atoms in total. The van der Waals surface area contributed by atoms with Crippen molar-refractivity contribution < 1.29 is 29.0 Å². The van der Waals surface area contributed by atoms with E-state index in [0.717, 1.165) is 4.90 Å². The first-order chi connectivity index (χ1) is 15.3. The number of halogens is 1. The summed E-state index contributed by atoms with van der Waals surface area (Å²) in [7, 11) is 0. The van der Waals surface area contributed by atoms with Crippen molar-refractivity contribution in [1.82, 2.24) is 0 Å². The Morgan fingerprint density at radius 2 is 1.84 bits per heavy atom. The lowest BCUT2D eigenvalue weighted by atomic mass is 9.71. The maximum absolute atomic E-state index is 13.8. The molecule has 1 aliphatic carbocycles. The van der Waals surface area contributed by atoms with Gasteiger partial charge in [-0.1, -0.05) is 48.4 Å². The van der Waals surface area contributed by atoms with Gasteiger partial charge in [-0.3, -0.25) is 19.3 Å². The van der Waals surface area contributed by atoms with E-state index in [2.05, 4.69) is 0 Å². The van der Waals surface area contributed by atoms with Gasteiger partial charge in [0.25, 0.3) is 5.91 Å². The van der Waals surface area contributed by atoms with E-state index >= 15 is 0 Å². The molecule has 2 aromatic carbocycles. The lowest BCUT2D eigenvalue weighted by molar-refractivity contribution is -0.145. The second-order valence-corrected chi connectivity index (χ2v) is 8.53. The Morgan fingerprint density at radius 1 is 1.09 bits per heavy atom. The smallest absolute Gasteiger partial charge is 0.361 e. The van der Waals surface area contributed by atoms with Gasteiger partial charge in [-0.2, -0.15) is 0 Å². The van der Waals surface area contributed by atoms with Crippen molar-refractivity contribution in [1.29, 1.82) is 0 Å². The molecule has 2 unspecified atom stereocenters. The minimum atomic E-state index is -2.48. The van der Waals surface area contributed by atoms with Crippen LogP contribution in [0.2, 0.25) is 5.02 Å². The Bertz CT molecular complexity index is 1220. The quantitative estimate of drug-likeness (QED) is 0.437. The average Bonchev–Trinajstić information content (AvgIpc) is 3.03. The molecular weight excluding hydrogens is 434 g/mol. The van der Waals surface area contributed by atoms with Crippen LogP contribution in [0.15, 0.2) is 59.8 Å². The first kappa shape index (κ1) is 20.6. The fourth-order valence-corrected chi connectivity index (χ4v) is 4.92. The monoisotopic (exact) mass is 451 g/mol. The molecule has 0 aromatic heterocycles. The van der Waals surface area contributed by atoms with E-state index in [9.17, 15) is 24.3 Å². The third kappa shape index (κ3) is 2.85. The van der Waals surface area contributed by atoms with Gasteiger partial charge in [-0.25, -0.2) is 4.79 Å². The van der Waals surface area contributed by atoms with Crippen LogP contribution in [0.5, 0.6) is 5.75 Å². The third-order valence-corrected chi connectivity index (χ3v) is 6.49. The van der Waals surface area contributed by atoms with Crippen LogP contribution in [0, 0.1) is 5.92 Å². The molecule has 8 heteroatoms. The summed E-state index contributed by atoms with van der Waals surface area (Å²) in [6.45, 7) is 0. The number of esters is 1. The summed E-state index contributed by atoms with van der Waals surface area (Å²) in [5.74, 6) is -3.97. The van der Waals surface area contributed by atoms with Gasteiger partial charge in [0.1, 0.15) is 11.5 Å². The zero-order valence-electron chi connectivity index (χ0n) is 16.8. The number of ketones is 2. The van der Waals surface area contributed by atoms with E-state index in [0.29, 0.717) is 12.8 Å². The normalized spacial score (nSPS) is 24.9. The second-order valence-electron chi connectivity index (χ2n) is 8.09. The Labute approximate surface area is 188 Å². The lowest BCUT2D eigenvalue weighted by Gasteiger charge is -2.34. The summed E-state index contributed by atoms with van der Waals surface area (Å²) < 4.78 is 5.38. The van der Waals surface area contributed by atoms with E-state index < -0.39 is 34.8 Å². The van der Waals surface area contributed by atoms with E-state index in [1.807, 2.05) is 0 Å². The Balaban J connectivity index is 1.78. The molecular formula is C24H18ClNO6. The molecule has 162 valence electrons. The average molecular weight is 452 g/mol. The zero-order valence-corrected chi connectivity index (χ0v) is 17.6. The summed E-state index contributed by atoms with van der Waals surface area (Å²) in [6, 6.07) is 12.4. The van der Waals surface area contributed by atoms with Crippen LogP contribution in [-0.4, -0.2) is 34.2 Å². The zero-order chi connectivity index (χ0) is 22.6. The highest BCUT2D eigenvalue weighted by Gasteiger charge is 2.63. The Morgan fingerprint density at radius 3 is 2.56 bits per heavy atom. The van der Waals surface area contributed by atoms with Crippen LogP contribution >= 0.6 is 11.6 Å². The number of benzene rings is 2. The van der Waals surface area contributed by atoms with Crippen LogP contribution in [0.3, 0.4) is 0 Å². The molecule has 2 aromatic rings. The molecule has 32 heavy (non-hydrogen) atoms. The van der Waals surface area contributed by atoms with Crippen LogP contribution in [0.4, 0.5) is 5.69 Å². The van der Waals surface area contributed by atoms with Crippen LogP contribution in [0.1, 0.15) is 36.0 Å². The van der Waals surface area contributed by atoms with Gasteiger partial charge in [0.2, 0.25) is 0 Å². The number of hydrogen-bond donors (Lipinski definition) is 1. The molecule has 1 N–H and O–H groups in total. The molecule has 2 heterocycles. The fraction of sp³-hybridized carbons (Fsp3) is 0.250.